The second kappa shape index (κ2) is 5.79. The molecule has 2 N–H and O–H groups in total. The fraction of sp³-hybridized carbons (Fsp3) is 0.0588. The molecule has 0 atom stereocenters. The summed E-state index contributed by atoms with van der Waals surface area (Å²) in [6.45, 7) is 0.221. The molecule has 3 rings (SSSR count). The summed E-state index contributed by atoms with van der Waals surface area (Å²) in [5, 5.41) is 10.9. The van der Waals surface area contributed by atoms with E-state index in [0.717, 1.165) is 5.56 Å². The number of rotatable bonds is 4. The van der Waals surface area contributed by atoms with Crippen LogP contribution in [0.5, 0.6) is 5.75 Å². The summed E-state index contributed by atoms with van der Waals surface area (Å²) < 4.78 is 27.7. The molecule has 0 fully saturated rings. The smallest absolute Gasteiger partial charge is 0.241 e. The molecule has 0 bridgehead atoms. The summed E-state index contributed by atoms with van der Waals surface area (Å²) in [5.41, 5.74) is 0.883. The first-order chi connectivity index (χ1) is 10.6. The van der Waals surface area contributed by atoms with Crippen molar-refractivity contribution in [3.8, 4) is 5.75 Å². The SMILES string of the molecule is O=S(=O)(NCc1ccccc1)c1ccc(O)c2ccccc12. The van der Waals surface area contributed by atoms with Crippen molar-refractivity contribution in [2.75, 3.05) is 0 Å². The van der Waals surface area contributed by atoms with Crippen molar-refractivity contribution >= 4 is 20.8 Å². The highest BCUT2D eigenvalue weighted by Gasteiger charge is 2.18. The predicted molar refractivity (Wildman–Crippen MR) is 86.1 cm³/mol. The van der Waals surface area contributed by atoms with Crippen molar-refractivity contribution in [2.45, 2.75) is 11.4 Å². The number of benzene rings is 3. The number of aromatic hydroxyl groups is 1. The lowest BCUT2D eigenvalue weighted by molar-refractivity contribution is 0.481. The van der Waals surface area contributed by atoms with E-state index in [1.54, 1.807) is 24.3 Å². The lowest BCUT2D eigenvalue weighted by atomic mass is 10.1. The highest BCUT2D eigenvalue weighted by atomic mass is 32.2. The van der Waals surface area contributed by atoms with Crippen LogP contribution in [-0.2, 0) is 16.6 Å². The summed E-state index contributed by atoms with van der Waals surface area (Å²) >= 11 is 0. The Hall–Kier alpha value is -2.37. The Bertz CT molecular complexity index is 906. The first-order valence-corrected chi connectivity index (χ1v) is 8.30. The second-order valence-electron chi connectivity index (χ2n) is 4.94. The molecular formula is C17H15NO3S. The van der Waals surface area contributed by atoms with Crippen LogP contribution in [0.15, 0.2) is 71.6 Å². The van der Waals surface area contributed by atoms with E-state index in [4.69, 9.17) is 0 Å². The first kappa shape index (κ1) is 14.6. The monoisotopic (exact) mass is 313 g/mol. The van der Waals surface area contributed by atoms with Gasteiger partial charge in [0.2, 0.25) is 10.0 Å². The van der Waals surface area contributed by atoms with Crippen molar-refractivity contribution in [3.05, 3.63) is 72.3 Å². The van der Waals surface area contributed by atoms with Crippen molar-refractivity contribution in [1.82, 2.24) is 4.72 Å². The number of nitrogens with one attached hydrogen (secondary N) is 1. The van der Waals surface area contributed by atoms with Crippen LogP contribution in [0, 0.1) is 0 Å². The molecule has 0 amide bonds. The largest absolute Gasteiger partial charge is 0.507 e. The van der Waals surface area contributed by atoms with Gasteiger partial charge in [0.05, 0.1) is 4.90 Å². The minimum Gasteiger partial charge on any atom is -0.507 e. The molecule has 112 valence electrons. The Balaban J connectivity index is 1.98. The maximum absolute atomic E-state index is 12.5. The quantitative estimate of drug-likeness (QED) is 0.778. The highest BCUT2D eigenvalue weighted by Crippen LogP contribution is 2.29. The van der Waals surface area contributed by atoms with Gasteiger partial charge in [0.25, 0.3) is 0 Å². The standard InChI is InChI=1S/C17H15NO3S/c19-16-10-11-17(15-9-5-4-8-14(15)16)22(20,21)18-12-13-6-2-1-3-7-13/h1-11,18-19H,12H2. The van der Waals surface area contributed by atoms with Gasteiger partial charge in [-0.25, -0.2) is 13.1 Å². The molecule has 3 aromatic rings. The maximum atomic E-state index is 12.5. The lowest BCUT2D eigenvalue weighted by Gasteiger charge is -2.10. The van der Waals surface area contributed by atoms with Crippen LogP contribution in [0.4, 0.5) is 0 Å². The van der Waals surface area contributed by atoms with Crippen molar-refractivity contribution in [1.29, 1.82) is 0 Å². The molecule has 5 heteroatoms. The van der Waals surface area contributed by atoms with Crippen LogP contribution in [-0.4, -0.2) is 13.5 Å². The Morgan fingerprint density at radius 2 is 1.45 bits per heavy atom. The maximum Gasteiger partial charge on any atom is 0.241 e. The van der Waals surface area contributed by atoms with Crippen LogP contribution < -0.4 is 4.72 Å². The highest BCUT2D eigenvalue weighted by molar-refractivity contribution is 7.89. The van der Waals surface area contributed by atoms with Crippen molar-refractivity contribution in [2.24, 2.45) is 0 Å². The van der Waals surface area contributed by atoms with E-state index >= 15 is 0 Å². The van der Waals surface area contributed by atoms with E-state index in [2.05, 4.69) is 4.72 Å². The molecule has 0 aliphatic carbocycles. The molecular weight excluding hydrogens is 298 g/mol. The molecule has 0 spiro atoms. The zero-order valence-corrected chi connectivity index (χ0v) is 12.5. The Morgan fingerprint density at radius 1 is 0.818 bits per heavy atom. The van der Waals surface area contributed by atoms with Crippen molar-refractivity contribution < 1.29 is 13.5 Å². The van der Waals surface area contributed by atoms with Crippen molar-refractivity contribution in [3.63, 3.8) is 0 Å². The molecule has 0 saturated carbocycles. The van der Waals surface area contributed by atoms with E-state index in [-0.39, 0.29) is 17.2 Å². The minimum absolute atomic E-state index is 0.0672. The number of fused-ring (bicyclic) bond motifs is 1. The summed E-state index contributed by atoms with van der Waals surface area (Å²) in [6.07, 6.45) is 0. The Labute approximate surface area is 129 Å². The minimum atomic E-state index is -3.66. The van der Waals surface area contributed by atoms with Gasteiger partial charge in [0, 0.05) is 17.3 Å². The molecule has 0 unspecified atom stereocenters. The van der Waals surface area contributed by atoms with E-state index in [9.17, 15) is 13.5 Å². The van der Waals surface area contributed by atoms with Crippen LogP contribution in [0.2, 0.25) is 0 Å². The zero-order valence-electron chi connectivity index (χ0n) is 11.7. The van der Waals surface area contributed by atoms with Gasteiger partial charge in [-0.1, -0.05) is 54.6 Å². The normalized spacial score (nSPS) is 11.6. The Kier molecular flexibility index (Phi) is 3.83. The van der Waals surface area contributed by atoms with Crippen LogP contribution in [0.25, 0.3) is 10.8 Å². The Morgan fingerprint density at radius 3 is 2.18 bits per heavy atom. The van der Waals surface area contributed by atoms with E-state index in [0.29, 0.717) is 10.8 Å². The third-order valence-electron chi connectivity index (χ3n) is 3.46. The molecule has 0 aliphatic heterocycles. The number of sulfonamides is 1. The summed E-state index contributed by atoms with van der Waals surface area (Å²) in [7, 11) is -3.66. The lowest BCUT2D eigenvalue weighted by Crippen LogP contribution is -2.23. The fourth-order valence-corrected chi connectivity index (χ4v) is 3.57. The summed E-state index contributed by atoms with van der Waals surface area (Å²) in [6, 6.07) is 19.0. The summed E-state index contributed by atoms with van der Waals surface area (Å²) in [5.74, 6) is 0.0672. The summed E-state index contributed by atoms with van der Waals surface area (Å²) in [4.78, 5) is 0.164. The van der Waals surface area contributed by atoms with E-state index in [1.165, 1.54) is 12.1 Å². The van der Waals surface area contributed by atoms with Gasteiger partial charge < -0.3 is 5.11 Å². The third kappa shape index (κ3) is 2.81. The van der Waals surface area contributed by atoms with Crippen LogP contribution in [0.3, 0.4) is 0 Å². The first-order valence-electron chi connectivity index (χ1n) is 6.82. The number of phenols is 1. The van der Waals surface area contributed by atoms with Gasteiger partial charge in [-0.3, -0.25) is 0 Å². The van der Waals surface area contributed by atoms with Gasteiger partial charge in [0.15, 0.2) is 0 Å². The number of hydrogen-bond acceptors (Lipinski definition) is 3. The van der Waals surface area contributed by atoms with Crippen LogP contribution in [0.1, 0.15) is 5.56 Å². The zero-order chi connectivity index (χ0) is 15.6. The predicted octanol–water partition coefficient (Wildman–Crippen LogP) is 3.02. The number of phenolic OH excluding ortho intramolecular Hbond substituents is 1. The second-order valence-corrected chi connectivity index (χ2v) is 6.67. The molecule has 0 heterocycles. The average Bonchev–Trinajstić information content (AvgIpc) is 2.54. The fourth-order valence-electron chi connectivity index (χ4n) is 2.34. The van der Waals surface area contributed by atoms with Gasteiger partial charge >= 0.3 is 0 Å². The van der Waals surface area contributed by atoms with Crippen LogP contribution >= 0.6 is 0 Å². The molecule has 3 aromatic carbocycles. The molecule has 0 radical (unpaired) electrons. The molecule has 0 aromatic heterocycles. The number of hydrogen-bond donors (Lipinski definition) is 2. The topological polar surface area (TPSA) is 66.4 Å². The third-order valence-corrected chi connectivity index (χ3v) is 4.92. The molecule has 22 heavy (non-hydrogen) atoms. The molecule has 0 aliphatic rings. The van der Waals surface area contributed by atoms with Gasteiger partial charge in [-0.05, 0) is 17.7 Å². The van der Waals surface area contributed by atoms with Gasteiger partial charge in [-0.2, -0.15) is 0 Å². The van der Waals surface area contributed by atoms with E-state index in [1.807, 2.05) is 30.3 Å². The van der Waals surface area contributed by atoms with E-state index < -0.39 is 10.0 Å². The van der Waals surface area contributed by atoms with Gasteiger partial charge in [-0.15, -0.1) is 0 Å². The van der Waals surface area contributed by atoms with Gasteiger partial charge in [0.1, 0.15) is 5.75 Å². The molecule has 0 saturated heterocycles. The average molecular weight is 313 g/mol. The molecule has 4 nitrogen and oxygen atoms in total.